The summed E-state index contributed by atoms with van der Waals surface area (Å²) in [5, 5.41) is 10.6. The van der Waals surface area contributed by atoms with Crippen LogP contribution in [0.4, 0.5) is 0 Å². The third-order valence-electron chi connectivity index (χ3n) is 9.03. The van der Waals surface area contributed by atoms with Crippen molar-refractivity contribution in [3.63, 3.8) is 0 Å². The van der Waals surface area contributed by atoms with Crippen molar-refractivity contribution in [2.45, 2.75) is 0 Å². The molecule has 0 amide bonds. The molecule has 0 aliphatic heterocycles. The van der Waals surface area contributed by atoms with Crippen molar-refractivity contribution in [2.24, 2.45) is 0 Å². The van der Waals surface area contributed by atoms with Crippen LogP contribution in [0, 0.1) is 0 Å². The van der Waals surface area contributed by atoms with Gasteiger partial charge in [0.15, 0.2) is 16.8 Å². The number of para-hydroxylation sites is 3. The van der Waals surface area contributed by atoms with Gasteiger partial charge >= 0.3 is 5.95 Å². The third kappa shape index (κ3) is 3.17. The van der Waals surface area contributed by atoms with Gasteiger partial charge in [0.1, 0.15) is 16.6 Å². The highest BCUT2D eigenvalue weighted by Gasteiger charge is 2.28. The number of hydrogen-bond donors (Lipinski definition) is 0. The van der Waals surface area contributed by atoms with E-state index < -0.39 is 0 Å². The van der Waals surface area contributed by atoms with Crippen molar-refractivity contribution in [3.8, 4) is 11.6 Å². The van der Waals surface area contributed by atoms with Crippen LogP contribution in [0.25, 0.3) is 87.8 Å². The molecule has 3 heterocycles. The minimum Gasteiger partial charge on any atom is -0.452 e. The smallest absolute Gasteiger partial charge is 0.409 e. The van der Waals surface area contributed by atoms with Gasteiger partial charge in [-0.25, -0.2) is 0 Å². The summed E-state index contributed by atoms with van der Waals surface area (Å²) in [5.41, 5.74) is 5.83. The summed E-state index contributed by atoms with van der Waals surface area (Å²) in [5.74, 6) is 0.808. The van der Waals surface area contributed by atoms with Crippen LogP contribution in [0.1, 0.15) is 0 Å². The van der Waals surface area contributed by atoms with Gasteiger partial charge in [-0.1, -0.05) is 108 Å². The molecule has 0 bridgehead atoms. The van der Waals surface area contributed by atoms with Crippen LogP contribution in [0.5, 0.6) is 0 Å². The third-order valence-corrected chi connectivity index (χ3v) is 9.03. The second-order valence-electron chi connectivity index (χ2n) is 11.4. The lowest BCUT2D eigenvalue weighted by atomic mass is 10.00. The summed E-state index contributed by atoms with van der Waals surface area (Å²) in [7, 11) is 0. The van der Waals surface area contributed by atoms with Crippen LogP contribution in [-0.4, -0.2) is 9.55 Å². The average Bonchev–Trinajstić information content (AvgIpc) is 3.64. The second-order valence-corrected chi connectivity index (χ2v) is 11.4. The Morgan fingerprint density at radius 3 is 1.82 bits per heavy atom. The van der Waals surface area contributed by atoms with Gasteiger partial charge in [0.2, 0.25) is 0 Å². The van der Waals surface area contributed by atoms with Gasteiger partial charge in [-0.2, -0.15) is 9.13 Å². The van der Waals surface area contributed by atoms with Gasteiger partial charge in [0.05, 0.1) is 6.20 Å². The molecular weight excluding hydrogens is 538 g/mol. The normalized spacial score (nSPS) is 12.1. The van der Waals surface area contributed by atoms with Gasteiger partial charge in [-0.05, 0) is 57.9 Å². The van der Waals surface area contributed by atoms with E-state index in [1.807, 2.05) is 12.1 Å². The van der Waals surface area contributed by atoms with Crippen LogP contribution in [-0.2, 0) is 0 Å². The zero-order valence-electron chi connectivity index (χ0n) is 23.6. The zero-order chi connectivity index (χ0) is 28.8. The van der Waals surface area contributed by atoms with Crippen molar-refractivity contribution >= 4 is 76.2 Å². The molecule has 0 N–H and O–H groups in total. The molecule has 7 aromatic carbocycles. The Labute approximate surface area is 251 Å². The lowest BCUT2D eigenvalue weighted by Crippen LogP contribution is -2.37. The number of nitrogens with zero attached hydrogens (tertiary/aromatic N) is 3. The van der Waals surface area contributed by atoms with Gasteiger partial charge in [-0.15, -0.1) is 0 Å². The van der Waals surface area contributed by atoms with Crippen LogP contribution in [0.15, 0.2) is 150 Å². The van der Waals surface area contributed by atoms with Crippen molar-refractivity contribution in [1.29, 1.82) is 0 Å². The van der Waals surface area contributed by atoms with E-state index in [4.69, 9.17) is 9.40 Å². The van der Waals surface area contributed by atoms with E-state index in [1.54, 1.807) is 0 Å². The molecule has 10 rings (SSSR count). The molecule has 0 aliphatic carbocycles. The molecule has 204 valence electrons. The van der Waals surface area contributed by atoms with E-state index >= 15 is 0 Å². The summed E-state index contributed by atoms with van der Waals surface area (Å²) >= 11 is 0. The number of hydrogen-bond acceptors (Lipinski definition) is 2. The molecular formula is C40H24N3O+. The number of benzene rings is 7. The highest BCUT2D eigenvalue weighted by Crippen LogP contribution is 2.40. The Kier molecular flexibility index (Phi) is 4.69. The summed E-state index contributed by atoms with van der Waals surface area (Å²) in [6.45, 7) is 0. The molecule has 0 unspecified atom stereocenters. The fraction of sp³-hybridized carbons (Fsp3) is 0. The maximum Gasteiger partial charge on any atom is 0.409 e. The molecule has 10 aromatic rings. The van der Waals surface area contributed by atoms with E-state index in [9.17, 15) is 0 Å². The topological polar surface area (TPSA) is 34.8 Å². The second kappa shape index (κ2) is 8.76. The SMILES string of the molecule is c1ccc2nc(-n3c4ccc5ccccc5c4c4c5ccccc5ccc43)[n+](-c3cccc4c3oc3ccccc34)cc2c1. The first-order chi connectivity index (χ1) is 21.8. The minimum atomic E-state index is 0.808. The molecule has 3 aromatic heterocycles. The van der Waals surface area contributed by atoms with Crippen LogP contribution in [0.2, 0.25) is 0 Å². The van der Waals surface area contributed by atoms with Crippen LogP contribution >= 0.6 is 0 Å². The molecule has 0 spiro atoms. The maximum absolute atomic E-state index is 6.55. The zero-order valence-corrected chi connectivity index (χ0v) is 23.6. The van der Waals surface area contributed by atoms with Gasteiger partial charge in [-0.3, -0.25) is 0 Å². The number of rotatable bonds is 2. The quantitative estimate of drug-likeness (QED) is 0.197. The van der Waals surface area contributed by atoms with E-state index in [0.29, 0.717) is 0 Å². The lowest BCUT2D eigenvalue weighted by molar-refractivity contribution is -0.590. The molecule has 4 heteroatoms. The number of aromatic nitrogens is 3. The van der Waals surface area contributed by atoms with E-state index in [0.717, 1.165) is 55.5 Å². The highest BCUT2D eigenvalue weighted by atomic mass is 16.3. The predicted molar refractivity (Wildman–Crippen MR) is 180 cm³/mol. The molecule has 0 radical (unpaired) electrons. The van der Waals surface area contributed by atoms with Crippen molar-refractivity contribution in [1.82, 2.24) is 9.55 Å². The van der Waals surface area contributed by atoms with Gasteiger partial charge in [0.25, 0.3) is 0 Å². The van der Waals surface area contributed by atoms with Crippen molar-refractivity contribution in [3.05, 3.63) is 146 Å². The predicted octanol–water partition coefficient (Wildman–Crippen LogP) is 9.81. The van der Waals surface area contributed by atoms with Crippen LogP contribution < -0.4 is 4.57 Å². The molecule has 44 heavy (non-hydrogen) atoms. The summed E-state index contributed by atoms with van der Waals surface area (Å²) in [6.07, 6.45) is 2.19. The summed E-state index contributed by atoms with van der Waals surface area (Å²) < 4.78 is 11.1. The lowest BCUT2D eigenvalue weighted by Gasteiger charge is -2.09. The Morgan fingerprint density at radius 1 is 0.500 bits per heavy atom. The summed E-state index contributed by atoms with van der Waals surface area (Å²) in [4.78, 5) is 5.40. The molecule has 0 saturated carbocycles. The number of fused-ring (bicyclic) bond motifs is 11. The standard InChI is InChI=1S/C40H24N3O/c1-4-13-28-25(10-1)20-22-33-37(28)38-29-14-5-2-11-26(29)21-23-34(38)43(33)40-41-32-17-7-3-12-27(32)24-42(40)35-18-9-16-31-30-15-6-8-19-36(30)44-39(31)35/h1-24H/q+1. The van der Waals surface area contributed by atoms with Crippen molar-refractivity contribution < 1.29 is 8.98 Å². The minimum absolute atomic E-state index is 0.808. The maximum atomic E-state index is 6.55. The fourth-order valence-corrected chi connectivity index (χ4v) is 7.08. The first-order valence-electron chi connectivity index (χ1n) is 14.9. The molecule has 0 atom stereocenters. The van der Waals surface area contributed by atoms with Crippen LogP contribution in [0.3, 0.4) is 0 Å². The summed E-state index contributed by atoms with van der Waals surface area (Å²) in [6, 6.07) is 49.2. The first kappa shape index (κ1) is 23.6. The number of furan rings is 1. The van der Waals surface area contributed by atoms with Gasteiger partial charge < -0.3 is 4.42 Å². The van der Waals surface area contributed by atoms with Gasteiger partial charge in [0, 0.05) is 26.9 Å². The van der Waals surface area contributed by atoms with E-state index in [1.165, 1.54) is 32.3 Å². The molecule has 4 nitrogen and oxygen atoms in total. The van der Waals surface area contributed by atoms with Crippen molar-refractivity contribution in [2.75, 3.05) is 0 Å². The van der Waals surface area contributed by atoms with E-state index in [2.05, 4.69) is 143 Å². The van der Waals surface area contributed by atoms with E-state index in [-0.39, 0.29) is 0 Å². The Morgan fingerprint density at radius 2 is 1.09 bits per heavy atom. The Hall–Kier alpha value is -6.00. The highest BCUT2D eigenvalue weighted by molar-refractivity contribution is 6.28. The molecule has 0 fully saturated rings. The first-order valence-corrected chi connectivity index (χ1v) is 14.9. The Bertz CT molecular complexity index is 2690. The fourth-order valence-electron chi connectivity index (χ4n) is 7.08. The average molecular weight is 563 g/mol. The largest absolute Gasteiger partial charge is 0.452 e. The Balaban J connectivity index is 1.42. The molecule has 0 aliphatic rings. The monoisotopic (exact) mass is 562 g/mol. The molecule has 0 saturated heterocycles.